The van der Waals surface area contributed by atoms with Crippen molar-refractivity contribution >= 4 is 11.8 Å². The summed E-state index contributed by atoms with van der Waals surface area (Å²) in [6.07, 6.45) is 0.580. The van der Waals surface area contributed by atoms with E-state index in [4.69, 9.17) is 9.47 Å². The molecule has 0 unspecified atom stereocenters. The average Bonchev–Trinajstić information content (AvgIpc) is 2.79. The monoisotopic (exact) mass is 411 g/mol. The molecular weight excluding hydrogens is 378 g/mol. The van der Waals surface area contributed by atoms with Crippen molar-refractivity contribution in [3.8, 4) is 5.75 Å². The highest BCUT2D eigenvalue weighted by molar-refractivity contribution is 5.67. The number of benzene rings is 2. The predicted octanol–water partition coefficient (Wildman–Crippen LogP) is 3.91. The maximum Gasteiger partial charge on any atom is 0.410 e. The van der Waals surface area contributed by atoms with Gasteiger partial charge in [0.25, 0.3) is 0 Å². The molecule has 0 spiro atoms. The summed E-state index contributed by atoms with van der Waals surface area (Å²) >= 11 is 0. The highest BCUT2D eigenvalue weighted by Crippen LogP contribution is 2.21. The number of ether oxygens (including phenoxy) is 2. The first kappa shape index (κ1) is 22.0. The van der Waals surface area contributed by atoms with Crippen LogP contribution in [0.5, 0.6) is 5.75 Å². The number of rotatable bonds is 9. The van der Waals surface area contributed by atoms with Crippen LogP contribution in [-0.2, 0) is 11.3 Å². The molecule has 30 heavy (non-hydrogen) atoms. The van der Waals surface area contributed by atoms with Crippen LogP contribution < -0.4 is 15.0 Å². The Morgan fingerprint density at radius 1 is 1.13 bits per heavy atom. The minimum atomic E-state index is -0.252. The fourth-order valence-electron chi connectivity index (χ4n) is 3.67. The number of piperazine rings is 1. The van der Waals surface area contributed by atoms with Crippen LogP contribution in [0.4, 0.5) is 10.5 Å². The molecule has 1 aliphatic heterocycles. The molecule has 1 fully saturated rings. The summed E-state index contributed by atoms with van der Waals surface area (Å²) in [5.41, 5.74) is 2.18. The van der Waals surface area contributed by atoms with Crippen molar-refractivity contribution in [2.24, 2.45) is 0 Å². The molecule has 162 valence electrons. The zero-order valence-electron chi connectivity index (χ0n) is 18.0. The number of nitrogens with one attached hydrogen (secondary N) is 1. The fraction of sp³-hybridized carbons (Fsp3) is 0.458. The standard InChI is InChI=1S/C24H33N3O3/c1-3-26(4-2)22-11-8-12-23(17-22)29-16-13-21-18-27(15-14-25-21)24(28)30-19-20-9-6-5-7-10-20/h5-12,17,21,25H,3-4,13-16,18-19H2,1-2H3/t21-/m1/s1. The van der Waals surface area contributed by atoms with Crippen molar-refractivity contribution < 1.29 is 14.3 Å². The normalized spacial score (nSPS) is 16.2. The molecule has 1 aliphatic rings. The van der Waals surface area contributed by atoms with E-state index in [2.05, 4.69) is 36.2 Å². The SMILES string of the molecule is CCN(CC)c1cccc(OCC[C@@H]2CN(C(=O)OCc3ccccc3)CCN2)c1. The first-order valence-corrected chi connectivity index (χ1v) is 10.9. The largest absolute Gasteiger partial charge is 0.493 e. The van der Waals surface area contributed by atoms with Gasteiger partial charge in [-0.15, -0.1) is 0 Å². The Kier molecular flexibility index (Phi) is 8.39. The van der Waals surface area contributed by atoms with E-state index >= 15 is 0 Å². The molecule has 1 amide bonds. The first-order valence-electron chi connectivity index (χ1n) is 10.9. The third-order valence-corrected chi connectivity index (χ3v) is 5.40. The summed E-state index contributed by atoms with van der Waals surface area (Å²) in [5, 5.41) is 3.47. The quantitative estimate of drug-likeness (QED) is 0.678. The van der Waals surface area contributed by atoms with Crippen molar-refractivity contribution in [2.75, 3.05) is 44.2 Å². The van der Waals surface area contributed by atoms with Crippen LogP contribution in [-0.4, -0.2) is 56.4 Å². The van der Waals surface area contributed by atoms with Gasteiger partial charge in [0.15, 0.2) is 0 Å². The summed E-state index contributed by atoms with van der Waals surface area (Å²) < 4.78 is 11.5. The van der Waals surface area contributed by atoms with Gasteiger partial charge >= 0.3 is 6.09 Å². The van der Waals surface area contributed by atoms with Crippen molar-refractivity contribution in [3.63, 3.8) is 0 Å². The molecule has 1 saturated heterocycles. The molecule has 3 rings (SSSR count). The van der Waals surface area contributed by atoms with Crippen molar-refractivity contribution in [1.29, 1.82) is 0 Å². The molecular formula is C24H33N3O3. The topological polar surface area (TPSA) is 54.0 Å². The summed E-state index contributed by atoms with van der Waals surface area (Å²) in [6, 6.07) is 18.2. The zero-order chi connectivity index (χ0) is 21.2. The summed E-state index contributed by atoms with van der Waals surface area (Å²) in [4.78, 5) is 16.5. The molecule has 0 saturated carbocycles. The lowest BCUT2D eigenvalue weighted by molar-refractivity contribution is 0.0827. The highest BCUT2D eigenvalue weighted by atomic mass is 16.6. The number of hydrogen-bond acceptors (Lipinski definition) is 5. The van der Waals surface area contributed by atoms with Gasteiger partial charge in [-0.2, -0.15) is 0 Å². The second-order valence-electron chi connectivity index (χ2n) is 7.44. The van der Waals surface area contributed by atoms with Gasteiger partial charge in [0.2, 0.25) is 0 Å². The Morgan fingerprint density at radius 2 is 1.93 bits per heavy atom. The van der Waals surface area contributed by atoms with Gasteiger partial charge in [0.1, 0.15) is 12.4 Å². The smallest absolute Gasteiger partial charge is 0.410 e. The van der Waals surface area contributed by atoms with Crippen LogP contribution in [0.1, 0.15) is 25.8 Å². The second-order valence-corrected chi connectivity index (χ2v) is 7.44. The van der Waals surface area contributed by atoms with Gasteiger partial charge in [-0.25, -0.2) is 4.79 Å². The maximum absolute atomic E-state index is 12.4. The second kappa shape index (κ2) is 11.5. The molecule has 1 heterocycles. The van der Waals surface area contributed by atoms with Crippen molar-refractivity contribution in [3.05, 3.63) is 60.2 Å². The van der Waals surface area contributed by atoms with E-state index in [9.17, 15) is 4.79 Å². The Morgan fingerprint density at radius 3 is 2.70 bits per heavy atom. The molecule has 1 atom stereocenters. The van der Waals surface area contributed by atoms with Gasteiger partial charge in [-0.05, 0) is 38.0 Å². The van der Waals surface area contributed by atoms with Gasteiger partial charge < -0.3 is 24.6 Å². The lowest BCUT2D eigenvalue weighted by Gasteiger charge is -2.33. The van der Waals surface area contributed by atoms with Gasteiger partial charge in [0.05, 0.1) is 6.61 Å². The average molecular weight is 412 g/mol. The molecule has 2 aromatic rings. The lowest BCUT2D eigenvalue weighted by atomic mass is 10.1. The van der Waals surface area contributed by atoms with Crippen LogP contribution in [0.25, 0.3) is 0 Å². The van der Waals surface area contributed by atoms with Gasteiger partial charge in [0, 0.05) is 50.5 Å². The molecule has 0 aromatic heterocycles. The third-order valence-electron chi connectivity index (χ3n) is 5.40. The number of anilines is 1. The number of carbonyl (C=O) groups is 1. The number of nitrogens with zero attached hydrogens (tertiary/aromatic N) is 2. The molecule has 6 heteroatoms. The van der Waals surface area contributed by atoms with Crippen LogP contribution in [0.2, 0.25) is 0 Å². The molecule has 6 nitrogen and oxygen atoms in total. The third kappa shape index (κ3) is 6.39. The Bertz CT molecular complexity index is 780. The van der Waals surface area contributed by atoms with Crippen LogP contribution in [0, 0.1) is 0 Å². The number of hydrogen-bond donors (Lipinski definition) is 1. The maximum atomic E-state index is 12.4. The van der Waals surface area contributed by atoms with Crippen molar-refractivity contribution in [1.82, 2.24) is 10.2 Å². The lowest BCUT2D eigenvalue weighted by Crippen LogP contribution is -2.53. The highest BCUT2D eigenvalue weighted by Gasteiger charge is 2.24. The van der Waals surface area contributed by atoms with E-state index in [1.807, 2.05) is 42.5 Å². The van der Waals surface area contributed by atoms with Crippen LogP contribution in [0.15, 0.2) is 54.6 Å². The Balaban J connectivity index is 1.43. The molecule has 0 aliphatic carbocycles. The Hall–Kier alpha value is -2.73. The minimum absolute atomic E-state index is 0.203. The van der Waals surface area contributed by atoms with E-state index < -0.39 is 0 Å². The summed E-state index contributed by atoms with van der Waals surface area (Å²) in [7, 11) is 0. The molecule has 1 N–H and O–H groups in total. The Labute approximate surface area is 179 Å². The van der Waals surface area contributed by atoms with E-state index in [1.54, 1.807) is 4.90 Å². The predicted molar refractivity (Wildman–Crippen MR) is 120 cm³/mol. The number of amides is 1. The van der Waals surface area contributed by atoms with Crippen molar-refractivity contribution in [2.45, 2.75) is 32.9 Å². The van der Waals surface area contributed by atoms with E-state index in [0.29, 0.717) is 26.3 Å². The minimum Gasteiger partial charge on any atom is -0.493 e. The van der Waals surface area contributed by atoms with Crippen LogP contribution >= 0.6 is 0 Å². The fourth-order valence-corrected chi connectivity index (χ4v) is 3.67. The first-order chi connectivity index (χ1) is 14.7. The van der Waals surface area contributed by atoms with E-state index in [0.717, 1.165) is 37.4 Å². The number of carbonyl (C=O) groups excluding carboxylic acids is 1. The zero-order valence-corrected chi connectivity index (χ0v) is 18.0. The molecule has 0 bridgehead atoms. The van der Waals surface area contributed by atoms with Crippen LogP contribution in [0.3, 0.4) is 0 Å². The van der Waals surface area contributed by atoms with Gasteiger partial charge in [-0.3, -0.25) is 0 Å². The van der Waals surface area contributed by atoms with Gasteiger partial charge in [-0.1, -0.05) is 36.4 Å². The summed E-state index contributed by atoms with van der Waals surface area (Å²) in [5.74, 6) is 0.884. The molecule has 0 radical (unpaired) electrons. The van der Waals surface area contributed by atoms with E-state index in [1.165, 1.54) is 5.69 Å². The molecule has 2 aromatic carbocycles. The van der Waals surface area contributed by atoms with E-state index in [-0.39, 0.29) is 12.1 Å². The summed E-state index contributed by atoms with van der Waals surface area (Å²) in [6.45, 7) is 9.23.